The predicted octanol–water partition coefficient (Wildman–Crippen LogP) is 2.74. The molecule has 0 amide bonds. The fraction of sp³-hybridized carbons (Fsp3) is 1.00. The van der Waals surface area contributed by atoms with Crippen LogP contribution >= 0.6 is 0 Å². The summed E-state index contributed by atoms with van der Waals surface area (Å²) in [4.78, 5) is 0. The lowest BCUT2D eigenvalue weighted by Crippen LogP contribution is -2.40. The van der Waals surface area contributed by atoms with Crippen molar-refractivity contribution in [3.63, 3.8) is 0 Å². The maximum absolute atomic E-state index is 5.74. The third kappa shape index (κ3) is 4.52. The molecule has 0 aromatic heterocycles. The van der Waals surface area contributed by atoms with E-state index in [9.17, 15) is 0 Å². The Balaban J connectivity index is 1.75. The van der Waals surface area contributed by atoms with E-state index in [2.05, 4.69) is 12.2 Å². The third-order valence-corrected chi connectivity index (χ3v) is 4.32. The molecule has 106 valence electrons. The molecule has 0 radical (unpaired) electrons. The molecule has 2 rings (SSSR count). The second kappa shape index (κ2) is 8.13. The van der Waals surface area contributed by atoms with Gasteiger partial charge in [-0.2, -0.15) is 0 Å². The summed E-state index contributed by atoms with van der Waals surface area (Å²) >= 11 is 0. The van der Waals surface area contributed by atoms with Crippen molar-refractivity contribution in [2.24, 2.45) is 5.92 Å². The lowest BCUT2D eigenvalue weighted by Gasteiger charge is -2.31. The minimum atomic E-state index is 0.538. The van der Waals surface area contributed by atoms with Crippen LogP contribution in [-0.4, -0.2) is 38.5 Å². The van der Waals surface area contributed by atoms with Gasteiger partial charge in [0.15, 0.2) is 0 Å². The monoisotopic (exact) mass is 255 g/mol. The minimum absolute atomic E-state index is 0.538. The Morgan fingerprint density at radius 3 is 2.67 bits per heavy atom. The van der Waals surface area contributed by atoms with Crippen molar-refractivity contribution in [1.29, 1.82) is 0 Å². The molecular formula is C15H29NO2. The summed E-state index contributed by atoms with van der Waals surface area (Å²) in [6, 6.07) is 0.679. The van der Waals surface area contributed by atoms with Gasteiger partial charge in [0.2, 0.25) is 0 Å². The number of hydrogen-bond acceptors (Lipinski definition) is 3. The van der Waals surface area contributed by atoms with Crippen LogP contribution in [0.15, 0.2) is 0 Å². The Kier molecular flexibility index (Phi) is 6.46. The summed E-state index contributed by atoms with van der Waals surface area (Å²) in [6.07, 6.45) is 9.26. The van der Waals surface area contributed by atoms with Gasteiger partial charge in [0.05, 0.1) is 6.10 Å². The number of hydrogen-bond donors (Lipinski definition) is 1. The van der Waals surface area contributed by atoms with E-state index in [1.165, 1.54) is 44.9 Å². The second-order valence-corrected chi connectivity index (χ2v) is 5.72. The van der Waals surface area contributed by atoms with Crippen molar-refractivity contribution in [2.45, 2.75) is 64.0 Å². The summed E-state index contributed by atoms with van der Waals surface area (Å²) in [5.74, 6) is 0.812. The number of rotatable bonds is 7. The summed E-state index contributed by atoms with van der Waals surface area (Å²) in [6.45, 7) is 6.28. The van der Waals surface area contributed by atoms with Crippen molar-refractivity contribution in [3.05, 3.63) is 0 Å². The molecular weight excluding hydrogens is 226 g/mol. The van der Waals surface area contributed by atoms with Crippen molar-refractivity contribution < 1.29 is 9.47 Å². The fourth-order valence-corrected chi connectivity index (χ4v) is 3.19. The average molecular weight is 255 g/mol. The summed E-state index contributed by atoms with van der Waals surface area (Å²) in [5.41, 5.74) is 0. The molecule has 2 aliphatic rings. The highest BCUT2D eigenvalue weighted by molar-refractivity contribution is 4.80. The molecule has 18 heavy (non-hydrogen) atoms. The Hall–Kier alpha value is -0.120. The van der Waals surface area contributed by atoms with Crippen LogP contribution < -0.4 is 5.32 Å². The van der Waals surface area contributed by atoms with Gasteiger partial charge in [-0.3, -0.25) is 0 Å². The van der Waals surface area contributed by atoms with Gasteiger partial charge >= 0.3 is 0 Å². The molecule has 1 N–H and O–H groups in total. The van der Waals surface area contributed by atoms with E-state index in [0.29, 0.717) is 12.1 Å². The van der Waals surface area contributed by atoms with Crippen LogP contribution in [0.1, 0.15) is 51.9 Å². The standard InChI is InChI=1S/C15H29NO2/c1-2-9-16-15(13-7-11-17-12-8-13)6-5-14-4-3-10-18-14/h13-16H,2-12H2,1H3. The van der Waals surface area contributed by atoms with E-state index in [4.69, 9.17) is 9.47 Å². The van der Waals surface area contributed by atoms with Crippen LogP contribution in [0.5, 0.6) is 0 Å². The van der Waals surface area contributed by atoms with Crippen LogP contribution in [0.25, 0.3) is 0 Å². The predicted molar refractivity (Wildman–Crippen MR) is 73.8 cm³/mol. The van der Waals surface area contributed by atoms with Gasteiger partial charge in [0, 0.05) is 25.9 Å². The number of nitrogens with one attached hydrogen (secondary N) is 1. The van der Waals surface area contributed by atoms with Crippen LogP contribution in [0.3, 0.4) is 0 Å². The quantitative estimate of drug-likeness (QED) is 0.759. The largest absolute Gasteiger partial charge is 0.381 e. The third-order valence-electron chi connectivity index (χ3n) is 4.32. The topological polar surface area (TPSA) is 30.5 Å². The average Bonchev–Trinajstić information content (AvgIpc) is 2.93. The highest BCUT2D eigenvalue weighted by Gasteiger charge is 2.25. The van der Waals surface area contributed by atoms with Gasteiger partial charge < -0.3 is 14.8 Å². The van der Waals surface area contributed by atoms with Crippen LogP contribution in [0.2, 0.25) is 0 Å². The summed E-state index contributed by atoms with van der Waals surface area (Å²) < 4.78 is 11.2. The molecule has 0 spiro atoms. The molecule has 3 heteroatoms. The van der Waals surface area contributed by atoms with Crippen LogP contribution in [0, 0.1) is 5.92 Å². The SMILES string of the molecule is CCCNC(CCC1CCCO1)C1CCOCC1. The second-order valence-electron chi connectivity index (χ2n) is 5.72. The minimum Gasteiger partial charge on any atom is -0.381 e. The van der Waals surface area contributed by atoms with E-state index in [1.807, 2.05) is 0 Å². The van der Waals surface area contributed by atoms with E-state index < -0.39 is 0 Å². The number of ether oxygens (including phenoxy) is 2. The molecule has 2 heterocycles. The Bertz CT molecular complexity index is 211. The van der Waals surface area contributed by atoms with Crippen molar-refractivity contribution >= 4 is 0 Å². The first-order valence-corrected chi connectivity index (χ1v) is 7.83. The summed E-state index contributed by atoms with van der Waals surface area (Å²) in [7, 11) is 0. The van der Waals surface area contributed by atoms with Gasteiger partial charge in [-0.05, 0) is 57.4 Å². The first-order valence-electron chi connectivity index (χ1n) is 7.83. The van der Waals surface area contributed by atoms with E-state index in [0.717, 1.165) is 32.3 Å². The van der Waals surface area contributed by atoms with Crippen LogP contribution in [0.4, 0.5) is 0 Å². The first-order chi connectivity index (χ1) is 8.90. The Morgan fingerprint density at radius 1 is 1.17 bits per heavy atom. The highest BCUT2D eigenvalue weighted by atomic mass is 16.5. The molecule has 0 aromatic rings. The normalized spacial score (nSPS) is 27.5. The van der Waals surface area contributed by atoms with Gasteiger partial charge in [0.25, 0.3) is 0 Å². The Labute approximate surface area is 112 Å². The van der Waals surface area contributed by atoms with Crippen molar-refractivity contribution in [2.75, 3.05) is 26.4 Å². The maximum Gasteiger partial charge on any atom is 0.0576 e. The van der Waals surface area contributed by atoms with Crippen molar-refractivity contribution in [1.82, 2.24) is 5.32 Å². The maximum atomic E-state index is 5.74. The molecule has 0 aromatic carbocycles. The smallest absolute Gasteiger partial charge is 0.0576 e. The molecule has 2 atom stereocenters. The van der Waals surface area contributed by atoms with E-state index in [-0.39, 0.29) is 0 Å². The van der Waals surface area contributed by atoms with Gasteiger partial charge in [0.1, 0.15) is 0 Å². The molecule has 0 saturated carbocycles. The highest BCUT2D eigenvalue weighted by Crippen LogP contribution is 2.25. The zero-order valence-corrected chi connectivity index (χ0v) is 11.8. The van der Waals surface area contributed by atoms with Gasteiger partial charge in [-0.25, -0.2) is 0 Å². The zero-order valence-electron chi connectivity index (χ0n) is 11.8. The van der Waals surface area contributed by atoms with Crippen LogP contribution in [-0.2, 0) is 9.47 Å². The van der Waals surface area contributed by atoms with E-state index >= 15 is 0 Å². The fourth-order valence-electron chi connectivity index (χ4n) is 3.19. The van der Waals surface area contributed by atoms with Crippen molar-refractivity contribution in [3.8, 4) is 0 Å². The zero-order chi connectivity index (χ0) is 12.6. The summed E-state index contributed by atoms with van der Waals surface area (Å²) in [5, 5.41) is 3.75. The molecule has 2 unspecified atom stereocenters. The molecule has 2 saturated heterocycles. The van der Waals surface area contributed by atoms with Gasteiger partial charge in [-0.15, -0.1) is 0 Å². The Morgan fingerprint density at radius 2 is 2.00 bits per heavy atom. The molecule has 0 aliphatic carbocycles. The molecule has 2 aliphatic heterocycles. The van der Waals surface area contributed by atoms with Gasteiger partial charge in [-0.1, -0.05) is 6.92 Å². The lowest BCUT2D eigenvalue weighted by molar-refractivity contribution is 0.0475. The lowest BCUT2D eigenvalue weighted by atomic mass is 9.88. The first kappa shape index (κ1) is 14.3. The molecule has 2 fully saturated rings. The molecule has 0 bridgehead atoms. The van der Waals surface area contributed by atoms with E-state index in [1.54, 1.807) is 0 Å². The molecule has 3 nitrogen and oxygen atoms in total.